The molecule has 3 rings (SSSR count). The minimum Gasteiger partial charge on any atom is -0.497 e. The summed E-state index contributed by atoms with van der Waals surface area (Å²) in [4.78, 5) is 24.4. The van der Waals surface area contributed by atoms with E-state index in [4.69, 9.17) is 14.2 Å². The van der Waals surface area contributed by atoms with Crippen LogP contribution in [0.4, 0.5) is 0 Å². The lowest BCUT2D eigenvalue weighted by Gasteiger charge is -2.11. The first-order valence-corrected chi connectivity index (χ1v) is 8.67. The normalized spacial score (nSPS) is 10.4. The maximum atomic E-state index is 12.5. The molecular formula is C22H21NO5. The summed E-state index contributed by atoms with van der Waals surface area (Å²) in [7, 11) is 4.41. The average molecular weight is 379 g/mol. The Bertz CT molecular complexity index is 1030. The molecule has 1 amide bonds. The Morgan fingerprint density at radius 2 is 1.61 bits per heavy atom. The molecule has 1 N–H and O–H groups in total. The largest absolute Gasteiger partial charge is 0.497 e. The second-order valence-electron chi connectivity index (χ2n) is 6.14. The number of carbonyl (C=O) groups excluding carboxylic acids is 2. The minimum atomic E-state index is -0.491. The topological polar surface area (TPSA) is 73.9 Å². The van der Waals surface area contributed by atoms with Crippen molar-refractivity contribution in [2.45, 2.75) is 6.54 Å². The summed E-state index contributed by atoms with van der Waals surface area (Å²) in [5.74, 6) is 0.501. The first kappa shape index (κ1) is 19.2. The fourth-order valence-electron chi connectivity index (χ4n) is 2.91. The lowest BCUT2D eigenvalue weighted by atomic mass is 10.1. The number of ether oxygens (including phenoxy) is 3. The molecule has 0 bridgehead atoms. The summed E-state index contributed by atoms with van der Waals surface area (Å²) < 4.78 is 15.2. The third-order valence-corrected chi connectivity index (χ3v) is 4.43. The van der Waals surface area contributed by atoms with Gasteiger partial charge in [-0.1, -0.05) is 18.2 Å². The number of hydrogen-bond donors (Lipinski definition) is 1. The van der Waals surface area contributed by atoms with Crippen molar-refractivity contribution in [1.82, 2.24) is 5.32 Å². The van der Waals surface area contributed by atoms with Crippen LogP contribution in [0, 0.1) is 0 Å². The molecule has 0 radical (unpaired) electrons. The second kappa shape index (κ2) is 8.43. The van der Waals surface area contributed by atoms with Crippen LogP contribution < -0.4 is 14.8 Å². The number of carbonyl (C=O) groups is 2. The predicted molar refractivity (Wildman–Crippen MR) is 106 cm³/mol. The van der Waals surface area contributed by atoms with Crippen molar-refractivity contribution in [3.8, 4) is 11.5 Å². The van der Waals surface area contributed by atoms with E-state index in [9.17, 15) is 9.59 Å². The fraction of sp³-hybridized carbons (Fsp3) is 0.182. The lowest BCUT2D eigenvalue weighted by molar-refractivity contribution is 0.0597. The van der Waals surface area contributed by atoms with Crippen molar-refractivity contribution in [2.75, 3.05) is 21.3 Å². The highest BCUT2D eigenvalue weighted by atomic mass is 16.5. The summed E-state index contributed by atoms with van der Waals surface area (Å²) in [6.45, 7) is 0.271. The molecule has 28 heavy (non-hydrogen) atoms. The van der Waals surface area contributed by atoms with E-state index in [2.05, 4.69) is 5.32 Å². The summed E-state index contributed by atoms with van der Waals surface area (Å²) in [6, 6.07) is 16.3. The molecule has 3 aromatic carbocycles. The highest BCUT2D eigenvalue weighted by Gasteiger charge is 2.14. The fourth-order valence-corrected chi connectivity index (χ4v) is 2.91. The highest BCUT2D eigenvalue weighted by molar-refractivity contribution is 5.99. The van der Waals surface area contributed by atoms with Crippen LogP contribution in [-0.4, -0.2) is 33.2 Å². The smallest absolute Gasteiger partial charge is 0.341 e. The number of rotatable bonds is 6. The third-order valence-electron chi connectivity index (χ3n) is 4.43. The van der Waals surface area contributed by atoms with Crippen molar-refractivity contribution in [3.05, 3.63) is 71.3 Å². The van der Waals surface area contributed by atoms with Gasteiger partial charge in [0.2, 0.25) is 0 Å². The van der Waals surface area contributed by atoms with Crippen LogP contribution in [0.3, 0.4) is 0 Å². The van der Waals surface area contributed by atoms with Gasteiger partial charge in [0, 0.05) is 12.1 Å². The van der Waals surface area contributed by atoms with Gasteiger partial charge in [0.1, 0.15) is 17.1 Å². The lowest BCUT2D eigenvalue weighted by Crippen LogP contribution is -2.23. The maximum Gasteiger partial charge on any atom is 0.341 e. The van der Waals surface area contributed by atoms with Crippen LogP contribution in [0.1, 0.15) is 26.3 Å². The number of amides is 1. The van der Waals surface area contributed by atoms with Gasteiger partial charge < -0.3 is 19.5 Å². The van der Waals surface area contributed by atoms with E-state index >= 15 is 0 Å². The van der Waals surface area contributed by atoms with Crippen molar-refractivity contribution < 1.29 is 23.8 Å². The molecule has 0 aliphatic carbocycles. The molecule has 0 unspecified atom stereocenters. The van der Waals surface area contributed by atoms with Crippen LogP contribution in [0.2, 0.25) is 0 Å². The predicted octanol–water partition coefficient (Wildman–Crippen LogP) is 3.57. The molecule has 6 nitrogen and oxygen atoms in total. The monoisotopic (exact) mass is 379 g/mol. The van der Waals surface area contributed by atoms with Gasteiger partial charge in [-0.2, -0.15) is 0 Å². The van der Waals surface area contributed by atoms with Gasteiger partial charge in [0.15, 0.2) is 0 Å². The Morgan fingerprint density at radius 1 is 0.857 bits per heavy atom. The van der Waals surface area contributed by atoms with Crippen molar-refractivity contribution >= 4 is 22.6 Å². The molecule has 0 aliphatic heterocycles. The van der Waals surface area contributed by atoms with Gasteiger partial charge >= 0.3 is 5.97 Å². The highest BCUT2D eigenvalue weighted by Crippen LogP contribution is 2.23. The quantitative estimate of drug-likeness (QED) is 0.663. The summed E-state index contributed by atoms with van der Waals surface area (Å²) in [6.07, 6.45) is 0. The van der Waals surface area contributed by atoms with Crippen LogP contribution in [0.25, 0.3) is 10.8 Å². The third kappa shape index (κ3) is 4.06. The standard InChI is InChI=1S/C22H21NO5/c1-26-18-8-7-15-11-17(6-5-16(15)12-18)21(24)23-13-14-4-9-20(27-2)19(10-14)22(25)28-3/h4-12H,13H2,1-3H3,(H,23,24). The molecule has 0 spiro atoms. The number of hydrogen-bond acceptors (Lipinski definition) is 5. The SMILES string of the molecule is COC(=O)c1cc(CNC(=O)c2ccc3cc(OC)ccc3c2)ccc1OC. The van der Waals surface area contributed by atoms with Crippen molar-refractivity contribution in [3.63, 3.8) is 0 Å². The van der Waals surface area contributed by atoms with Crippen LogP contribution >= 0.6 is 0 Å². The van der Waals surface area contributed by atoms with Gasteiger partial charge in [0.05, 0.1) is 21.3 Å². The summed E-state index contributed by atoms with van der Waals surface area (Å²) in [5.41, 5.74) is 1.64. The molecule has 0 heterocycles. The molecule has 0 aromatic heterocycles. The van der Waals surface area contributed by atoms with Crippen LogP contribution in [0.15, 0.2) is 54.6 Å². The first-order valence-electron chi connectivity index (χ1n) is 8.67. The molecule has 0 saturated heterocycles. The molecule has 0 fully saturated rings. The Kier molecular flexibility index (Phi) is 5.79. The van der Waals surface area contributed by atoms with Crippen molar-refractivity contribution in [2.24, 2.45) is 0 Å². The molecule has 6 heteroatoms. The van der Waals surface area contributed by atoms with E-state index in [0.29, 0.717) is 16.9 Å². The second-order valence-corrected chi connectivity index (χ2v) is 6.14. The van der Waals surface area contributed by atoms with Gasteiger partial charge in [0.25, 0.3) is 5.91 Å². The Hall–Kier alpha value is -3.54. The van der Waals surface area contributed by atoms with Gasteiger partial charge in [-0.3, -0.25) is 4.79 Å². The average Bonchev–Trinajstić information content (AvgIpc) is 2.75. The Morgan fingerprint density at radius 3 is 2.32 bits per heavy atom. The molecule has 0 atom stereocenters. The minimum absolute atomic E-state index is 0.201. The zero-order chi connectivity index (χ0) is 20.1. The van der Waals surface area contributed by atoms with E-state index < -0.39 is 5.97 Å². The maximum absolute atomic E-state index is 12.5. The Balaban J connectivity index is 1.75. The van der Waals surface area contributed by atoms with Crippen molar-refractivity contribution in [1.29, 1.82) is 0 Å². The summed E-state index contributed by atoms with van der Waals surface area (Å²) in [5, 5.41) is 4.81. The zero-order valence-corrected chi connectivity index (χ0v) is 15.9. The number of nitrogens with one attached hydrogen (secondary N) is 1. The van der Waals surface area contributed by atoms with Crippen LogP contribution in [-0.2, 0) is 11.3 Å². The van der Waals surface area contributed by atoms with Gasteiger partial charge in [-0.25, -0.2) is 4.79 Å². The number of fused-ring (bicyclic) bond motifs is 1. The Labute approximate surface area is 163 Å². The molecule has 0 saturated carbocycles. The molecule has 144 valence electrons. The molecular weight excluding hydrogens is 358 g/mol. The molecule has 0 aliphatic rings. The number of benzene rings is 3. The van der Waals surface area contributed by atoms with E-state index in [-0.39, 0.29) is 12.5 Å². The molecule has 3 aromatic rings. The van der Waals surface area contributed by atoms with E-state index in [0.717, 1.165) is 22.1 Å². The van der Waals surface area contributed by atoms with E-state index in [1.54, 1.807) is 31.4 Å². The van der Waals surface area contributed by atoms with Gasteiger partial charge in [-0.05, 0) is 52.7 Å². The summed E-state index contributed by atoms with van der Waals surface area (Å²) >= 11 is 0. The van der Waals surface area contributed by atoms with Crippen LogP contribution in [0.5, 0.6) is 11.5 Å². The van der Waals surface area contributed by atoms with Gasteiger partial charge in [-0.15, -0.1) is 0 Å². The van der Waals surface area contributed by atoms with E-state index in [1.165, 1.54) is 14.2 Å². The number of methoxy groups -OCH3 is 3. The zero-order valence-electron chi connectivity index (χ0n) is 15.9. The number of esters is 1. The van der Waals surface area contributed by atoms with E-state index in [1.807, 2.05) is 30.3 Å². The first-order chi connectivity index (χ1) is 13.5.